The highest BCUT2D eigenvalue weighted by Crippen LogP contribution is 2.43. The highest BCUT2D eigenvalue weighted by molar-refractivity contribution is 5.82. The van der Waals surface area contributed by atoms with Gasteiger partial charge in [-0.25, -0.2) is 4.79 Å². The highest BCUT2D eigenvalue weighted by atomic mass is 19.4. The minimum Gasteiger partial charge on any atom is -0.462 e. The minimum atomic E-state index is -4.96. The summed E-state index contributed by atoms with van der Waals surface area (Å²) < 4.78 is 50.9. The number of rotatable bonds is 6. The molecule has 0 saturated carbocycles. The Hall–Kier alpha value is -2.34. The summed E-state index contributed by atoms with van der Waals surface area (Å²) in [6.45, 7) is 1.59. The standard InChI is InChI=1S/C19H19F3O3/c1-14(15-9-5-3-6-10-15)13-25-17(23)18(24-2,19(20,21)22)16-11-7-4-8-12-16/h3-12,14H,13H2,1-2H3/t14?,18-/m0/s1. The molecule has 0 saturated heterocycles. The number of carbonyl (C=O) groups excluding carboxylic acids is 1. The molecule has 0 N–H and O–H groups in total. The maximum Gasteiger partial charge on any atom is 0.432 e. The lowest BCUT2D eigenvalue weighted by Crippen LogP contribution is -2.51. The van der Waals surface area contributed by atoms with Crippen LogP contribution in [0.4, 0.5) is 13.2 Å². The lowest BCUT2D eigenvalue weighted by molar-refractivity contribution is -0.276. The number of methoxy groups -OCH3 is 1. The molecule has 25 heavy (non-hydrogen) atoms. The van der Waals surface area contributed by atoms with E-state index in [0.29, 0.717) is 0 Å². The second kappa shape index (κ2) is 7.70. The summed E-state index contributed by atoms with van der Waals surface area (Å²) in [4.78, 5) is 12.4. The Morgan fingerprint density at radius 2 is 1.52 bits per heavy atom. The fourth-order valence-electron chi connectivity index (χ4n) is 2.57. The van der Waals surface area contributed by atoms with E-state index in [0.717, 1.165) is 12.7 Å². The molecule has 0 radical (unpaired) electrons. The van der Waals surface area contributed by atoms with Gasteiger partial charge in [0.05, 0.1) is 6.61 Å². The Morgan fingerprint density at radius 1 is 1.00 bits per heavy atom. The van der Waals surface area contributed by atoms with Crippen molar-refractivity contribution < 1.29 is 27.4 Å². The molecule has 0 heterocycles. The molecule has 0 aliphatic carbocycles. The van der Waals surface area contributed by atoms with Crippen molar-refractivity contribution in [1.29, 1.82) is 0 Å². The van der Waals surface area contributed by atoms with Gasteiger partial charge in [-0.15, -0.1) is 0 Å². The molecule has 2 aromatic carbocycles. The van der Waals surface area contributed by atoms with Crippen molar-refractivity contribution in [1.82, 2.24) is 0 Å². The summed E-state index contributed by atoms with van der Waals surface area (Å²) in [5.74, 6) is -1.72. The van der Waals surface area contributed by atoms with Crippen LogP contribution in [0.5, 0.6) is 0 Å². The van der Waals surface area contributed by atoms with Crippen molar-refractivity contribution >= 4 is 5.97 Å². The van der Waals surface area contributed by atoms with Crippen molar-refractivity contribution in [3.63, 3.8) is 0 Å². The topological polar surface area (TPSA) is 35.5 Å². The van der Waals surface area contributed by atoms with Gasteiger partial charge in [0.25, 0.3) is 5.60 Å². The third-order valence-corrected chi connectivity index (χ3v) is 4.01. The molecule has 0 amide bonds. The second-order valence-corrected chi connectivity index (χ2v) is 5.66. The maximum atomic E-state index is 13.7. The first-order chi connectivity index (χ1) is 11.8. The fourth-order valence-corrected chi connectivity index (χ4v) is 2.57. The Labute approximate surface area is 144 Å². The summed E-state index contributed by atoms with van der Waals surface area (Å²) >= 11 is 0. The van der Waals surface area contributed by atoms with Crippen LogP contribution in [0.25, 0.3) is 0 Å². The lowest BCUT2D eigenvalue weighted by atomic mass is 9.92. The highest BCUT2D eigenvalue weighted by Gasteiger charge is 2.64. The summed E-state index contributed by atoms with van der Waals surface area (Å²) in [5.41, 5.74) is -2.60. The molecule has 0 bridgehead atoms. The molecule has 6 heteroatoms. The summed E-state index contributed by atoms with van der Waals surface area (Å²) in [6.07, 6.45) is -4.96. The van der Waals surface area contributed by atoms with Crippen molar-refractivity contribution in [2.45, 2.75) is 24.6 Å². The van der Waals surface area contributed by atoms with Crippen molar-refractivity contribution in [3.8, 4) is 0 Å². The molecule has 0 aromatic heterocycles. The average molecular weight is 352 g/mol. The van der Waals surface area contributed by atoms with Crippen molar-refractivity contribution in [2.24, 2.45) is 0 Å². The van der Waals surface area contributed by atoms with E-state index in [1.54, 1.807) is 13.0 Å². The molecule has 0 aliphatic rings. The number of benzene rings is 2. The van der Waals surface area contributed by atoms with E-state index < -0.39 is 17.7 Å². The van der Waals surface area contributed by atoms with Gasteiger partial charge in [0.15, 0.2) is 0 Å². The van der Waals surface area contributed by atoms with E-state index in [4.69, 9.17) is 4.74 Å². The molecule has 134 valence electrons. The number of alkyl halides is 3. The third-order valence-electron chi connectivity index (χ3n) is 4.01. The third kappa shape index (κ3) is 3.85. The van der Waals surface area contributed by atoms with Crippen LogP contribution in [0.3, 0.4) is 0 Å². The summed E-state index contributed by atoms with van der Waals surface area (Å²) in [7, 11) is 0.850. The maximum absolute atomic E-state index is 13.7. The molecule has 2 rings (SSSR count). The zero-order valence-electron chi connectivity index (χ0n) is 13.9. The van der Waals surface area contributed by atoms with Crippen molar-refractivity contribution in [2.75, 3.05) is 13.7 Å². The van der Waals surface area contributed by atoms with Gasteiger partial charge in [-0.05, 0) is 5.56 Å². The van der Waals surface area contributed by atoms with E-state index in [2.05, 4.69) is 4.74 Å². The first-order valence-electron chi connectivity index (χ1n) is 7.72. The number of hydrogen-bond acceptors (Lipinski definition) is 3. The van der Waals surface area contributed by atoms with Crippen LogP contribution in [-0.4, -0.2) is 25.9 Å². The van der Waals surface area contributed by atoms with Gasteiger partial charge in [-0.1, -0.05) is 67.6 Å². The SMILES string of the molecule is CO[C@](C(=O)OCC(C)c1ccccc1)(c1ccccc1)C(F)(F)F. The second-order valence-electron chi connectivity index (χ2n) is 5.66. The predicted molar refractivity (Wildman–Crippen MR) is 87.0 cm³/mol. The van der Waals surface area contributed by atoms with Crippen LogP contribution in [0.15, 0.2) is 60.7 Å². The van der Waals surface area contributed by atoms with Crippen LogP contribution >= 0.6 is 0 Å². The number of ether oxygens (including phenoxy) is 2. The molecule has 3 nitrogen and oxygen atoms in total. The van der Waals surface area contributed by atoms with E-state index in [1.807, 2.05) is 30.3 Å². The molecular weight excluding hydrogens is 333 g/mol. The number of hydrogen-bond donors (Lipinski definition) is 0. The zero-order valence-corrected chi connectivity index (χ0v) is 13.9. The monoisotopic (exact) mass is 352 g/mol. The van der Waals surface area contributed by atoms with Gasteiger partial charge in [0.2, 0.25) is 0 Å². The van der Waals surface area contributed by atoms with Crippen LogP contribution in [-0.2, 0) is 19.9 Å². The molecular formula is C19H19F3O3. The Bertz CT molecular complexity index is 686. The quantitative estimate of drug-likeness (QED) is 0.721. The summed E-state index contributed by atoms with van der Waals surface area (Å²) in [6, 6.07) is 15.9. The van der Waals surface area contributed by atoms with E-state index >= 15 is 0 Å². The van der Waals surface area contributed by atoms with Gasteiger partial charge in [0, 0.05) is 18.6 Å². The molecule has 0 aliphatic heterocycles. The first kappa shape index (κ1) is 19.0. The van der Waals surface area contributed by atoms with Gasteiger partial charge < -0.3 is 9.47 Å². The molecule has 2 aromatic rings. The Kier molecular flexibility index (Phi) is 5.85. The number of esters is 1. The van der Waals surface area contributed by atoms with Crippen LogP contribution in [0.2, 0.25) is 0 Å². The van der Waals surface area contributed by atoms with E-state index in [-0.39, 0.29) is 18.1 Å². The largest absolute Gasteiger partial charge is 0.462 e. The number of halogens is 3. The zero-order chi connectivity index (χ0) is 18.5. The molecule has 0 spiro atoms. The van der Waals surface area contributed by atoms with Crippen LogP contribution in [0.1, 0.15) is 24.0 Å². The Morgan fingerprint density at radius 3 is 2.00 bits per heavy atom. The van der Waals surface area contributed by atoms with Gasteiger partial charge >= 0.3 is 12.1 Å². The predicted octanol–water partition coefficient (Wildman–Crippen LogP) is 4.44. The average Bonchev–Trinajstić information content (AvgIpc) is 2.61. The number of carbonyl (C=O) groups is 1. The minimum absolute atomic E-state index is 0.184. The van der Waals surface area contributed by atoms with Crippen LogP contribution < -0.4 is 0 Å². The lowest BCUT2D eigenvalue weighted by Gasteiger charge is -2.32. The first-order valence-corrected chi connectivity index (χ1v) is 7.72. The van der Waals surface area contributed by atoms with E-state index in [9.17, 15) is 18.0 Å². The fraction of sp³-hybridized carbons (Fsp3) is 0.316. The molecule has 2 atom stereocenters. The molecule has 1 unspecified atom stereocenters. The van der Waals surface area contributed by atoms with Gasteiger partial charge in [-0.2, -0.15) is 13.2 Å². The normalized spacial score (nSPS) is 15.2. The van der Waals surface area contributed by atoms with E-state index in [1.165, 1.54) is 24.3 Å². The van der Waals surface area contributed by atoms with Gasteiger partial charge in [-0.3, -0.25) is 0 Å². The molecule has 0 fully saturated rings. The van der Waals surface area contributed by atoms with Crippen LogP contribution in [0, 0.1) is 0 Å². The summed E-state index contributed by atoms with van der Waals surface area (Å²) in [5, 5.41) is 0. The van der Waals surface area contributed by atoms with Crippen molar-refractivity contribution in [3.05, 3.63) is 71.8 Å². The van der Waals surface area contributed by atoms with Gasteiger partial charge in [0.1, 0.15) is 0 Å². The smallest absolute Gasteiger partial charge is 0.432 e. The Balaban J connectivity index is 2.25.